The Labute approximate surface area is 417 Å². The van der Waals surface area contributed by atoms with Crippen LogP contribution in [0.25, 0.3) is 0 Å². The van der Waals surface area contributed by atoms with Crippen LogP contribution in [-0.4, -0.2) is 129 Å². The van der Waals surface area contributed by atoms with E-state index in [0.29, 0.717) is 35.3 Å². The van der Waals surface area contributed by atoms with Crippen LogP contribution < -0.4 is 10.6 Å². The van der Waals surface area contributed by atoms with Crippen LogP contribution in [0.15, 0.2) is 97.1 Å². The summed E-state index contributed by atoms with van der Waals surface area (Å²) in [5.41, 5.74) is -0.426. The van der Waals surface area contributed by atoms with Crippen LogP contribution in [0.1, 0.15) is 51.9 Å². The molecule has 0 saturated carbocycles. The van der Waals surface area contributed by atoms with E-state index in [1.54, 1.807) is 48.5 Å². The van der Waals surface area contributed by atoms with Crippen molar-refractivity contribution in [2.45, 2.75) is 63.2 Å². The molecule has 25 heteroatoms. The van der Waals surface area contributed by atoms with Crippen molar-refractivity contribution in [3.05, 3.63) is 142 Å². The normalized spacial score (nSPS) is 16.8. The van der Waals surface area contributed by atoms with Gasteiger partial charge in [0, 0.05) is 46.3 Å². The van der Waals surface area contributed by atoms with E-state index in [0.717, 1.165) is 35.4 Å². The molecule has 392 valence electrons. The van der Waals surface area contributed by atoms with Crippen molar-refractivity contribution < 1.29 is 73.4 Å². The van der Waals surface area contributed by atoms with Gasteiger partial charge < -0.3 is 40.2 Å². The van der Waals surface area contributed by atoms with Gasteiger partial charge in [-0.05, 0) is 70.8 Å². The molecule has 4 aliphatic rings. The second kappa shape index (κ2) is 22.3. The second-order valence-corrected chi connectivity index (χ2v) is 17.2. The van der Waals surface area contributed by atoms with Crippen LogP contribution in [0, 0.1) is 22.7 Å². The highest BCUT2D eigenvalue weighted by Crippen LogP contribution is 2.37. The smallest absolute Gasteiger partial charge is 0.475 e. The third-order valence-corrected chi connectivity index (χ3v) is 12.3. The van der Waals surface area contributed by atoms with E-state index < -0.39 is 52.7 Å². The first-order chi connectivity index (χ1) is 34.2. The number of nitriles is 2. The quantitative estimate of drug-likeness (QED) is 0.178. The van der Waals surface area contributed by atoms with Gasteiger partial charge in [-0.2, -0.15) is 50.0 Å². The number of likely N-dealkylation sites (tertiary alicyclic amines) is 1. The predicted octanol–water partition coefficient (Wildman–Crippen LogP) is 5.90. The fourth-order valence-corrected chi connectivity index (χ4v) is 8.34. The molecular weight excluding hydrogens is 998 g/mol. The molecule has 2 spiro atoms. The van der Waals surface area contributed by atoms with Gasteiger partial charge in [-0.1, -0.05) is 56.0 Å². The summed E-state index contributed by atoms with van der Waals surface area (Å²) in [6.07, 6.45) is -14.0. The van der Waals surface area contributed by atoms with E-state index in [4.69, 9.17) is 20.4 Å². The highest BCUT2D eigenvalue weighted by atomic mass is 19.4. The summed E-state index contributed by atoms with van der Waals surface area (Å²) < 4.78 is 109. The van der Waals surface area contributed by atoms with Crippen LogP contribution >= 0.6 is 0 Å². The van der Waals surface area contributed by atoms with Crippen molar-refractivity contribution in [3.8, 4) is 12.1 Å². The summed E-state index contributed by atoms with van der Waals surface area (Å²) in [7, 11) is 1.46. The van der Waals surface area contributed by atoms with E-state index in [9.17, 15) is 63.5 Å². The number of carbonyl (C=O) groups is 6. The van der Waals surface area contributed by atoms with E-state index in [2.05, 4.69) is 10.6 Å². The molecule has 0 unspecified atom stereocenters. The number of nitrogens with one attached hydrogen (secondary N) is 2. The van der Waals surface area contributed by atoms with Gasteiger partial charge in [0.25, 0.3) is 11.8 Å². The minimum Gasteiger partial charge on any atom is -0.475 e. The van der Waals surface area contributed by atoms with Crippen LogP contribution in [-0.2, 0) is 62.5 Å². The van der Waals surface area contributed by atoms with Crippen LogP contribution in [0.3, 0.4) is 0 Å². The number of piperazine rings is 2. The molecule has 0 atom stereocenters. The third kappa shape index (κ3) is 12.5. The summed E-state index contributed by atoms with van der Waals surface area (Å²) in [5.74, 6) is -3.91. The lowest BCUT2D eigenvalue weighted by Crippen LogP contribution is -2.81. The Bertz CT molecular complexity index is 2800. The molecule has 4 heterocycles. The Kier molecular flexibility index (Phi) is 17.1. The Morgan fingerprint density at radius 3 is 1.22 bits per heavy atom. The number of hydrogen-bond donors (Lipinski definition) is 3. The Hall–Kier alpha value is -8.19. The van der Waals surface area contributed by atoms with Crippen molar-refractivity contribution in [1.29, 1.82) is 10.5 Å². The SMILES string of the molecule is C.CNC(=O)N1CC2(C1)C(=O)N(Cc1ccc(C#N)cc1)CC(=O)N2Cc1ccc(C(F)(F)F)cc1.N#Cc1ccc(CN2CC(=O)N(Cc3ccc(C(F)(F)F)cc3)C3(CNC3)C2=O)cc1.O=C(O)C(F)(F)F. The number of carboxylic acid groups (broad SMARTS) is 1. The number of benzene rings is 4. The Morgan fingerprint density at radius 1 is 0.595 bits per heavy atom. The first kappa shape index (κ1) is 56.7. The summed E-state index contributed by atoms with van der Waals surface area (Å²) in [6.45, 7) is 0.610. The number of amides is 6. The average Bonchev–Trinajstić information content (AvgIpc) is 3.31. The summed E-state index contributed by atoms with van der Waals surface area (Å²) in [4.78, 5) is 81.2. The molecule has 4 aliphatic heterocycles. The van der Waals surface area contributed by atoms with Gasteiger partial charge in [0.15, 0.2) is 5.54 Å². The molecule has 0 bridgehead atoms. The fraction of sp³-hybridized carbons (Fsp3) is 0.347. The molecule has 6 amide bonds. The maximum absolute atomic E-state index is 13.6. The lowest BCUT2D eigenvalue weighted by Gasteiger charge is -2.57. The summed E-state index contributed by atoms with van der Waals surface area (Å²) in [5, 5.41) is 30.5. The van der Waals surface area contributed by atoms with E-state index in [1.165, 1.54) is 55.8 Å². The number of hydrogen-bond acceptors (Lipinski definition) is 9. The standard InChI is InChI=1S/C24H22F3N5O3.C22H19F3N4O2.C2HF3O2.CH4/c1-29-22(35)31-14-23(15-31)21(34)30(11-17-4-2-16(10-28)3-5-17)13-20(33)32(23)12-18-6-8-19(9-7-18)24(25,26)27;23-22(24,25)18-7-5-17(6-8-18)11-29-19(30)12-28(20(31)21(29)13-27-14-21)10-16-3-1-15(9-26)2-4-16;3-2(4,5)1(6)7;/h2-9H,11-15H2,1H3,(H,29,35);1-8,27H,10-14H2;(H,6,7);1H4. The van der Waals surface area contributed by atoms with E-state index in [1.807, 2.05) is 12.1 Å². The maximum Gasteiger partial charge on any atom is 0.490 e. The molecule has 8 rings (SSSR count). The molecule has 4 aromatic carbocycles. The zero-order valence-corrected chi connectivity index (χ0v) is 38.2. The lowest BCUT2D eigenvalue weighted by atomic mass is 9.83. The molecule has 4 aromatic rings. The van der Waals surface area contributed by atoms with Crippen molar-refractivity contribution in [1.82, 2.24) is 35.1 Å². The number of carboxylic acids is 1. The average molecular weight is 1040 g/mol. The number of carbonyl (C=O) groups excluding carboxylic acids is 5. The molecule has 74 heavy (non-hydrogen) atoms. The monoisotopic (exact) mass is 1040 g/mol. The lowest BCUT2D eigenvalue weighted by molar-refractivity contribution is -0.192. The molecule has 0 aliphatic carbocycles. The zero-order valence-electron chi connectivity index (χ0n) is 38.2. The molecule has 4 fully saturated rings. The highest BCUT2D eigenvalue weighted by molar-refractivity contribution is 6.01. The zero-order chi connectivity index (χ0) is 53.7. The van der Waals surface area contributed by atoms with Gasteiger partial charge in [0.1, 0.15) is 18.6 Å². The number of urea groups is 1. The highest BCUT2D eigenvalue weighted by Gasteiger charge is 2.61. The van der Waals surface area contributed by atoms with Gasteiger partial charge >= 0.3 is 30.5 Å². The minimum atomic E-state index is -5.08. The van der Waals surface area contributed by atoms with Crippen molar-refractivity contribution >= 4 is 35.6 Å². The van der Waals surface area contributed by atoms with Crippen LogP contribution in [0.4, 0.5) is 44.3 Å². The first-order valence-corrected chi connectivity index (χ1v) is 21.7. The predicted molar refractivity (Wildman–Crippen MR) is 242 cm³/mol. The fourth-order valence-electron chi connectivity index (χ4n) is 8.34. The number of halogens is 9. The van der Waals surface area contributed by atoms with Gasteiger partial charge in [0.05, 0.1) is 47.5 Å². The molecule has 16 nitrogen and oxygen atoms in total. The number of nitrogens with zero attached hydrogens (tertiary/aromatic N) is 7. The van der Waals surface area contributed by atoms with Crippen LogP contribution in [0.5, 0.6) is 0 Å². The summed E-state index contributed by atoms with van der Waals surface area (Å²) in [6, 6.07) is 26.2. The molecular formula is C49H46F9N9O7. The van der Waals surface area contributed by atoms with E-state index in [-0.39, 0.29) is 83.4 Å². The van der Waals surface area contributed by atoms with Gasteiger partial charge in [0.2, 0.25) is 11.8 Å². The topological polar surface area (TPSA) is 210 Å². The van der Waals surface area contributed by atoms with Crippen molar-refractivity contribution in [3.63, 3.8) is 0 Å². The number of alkyl halides is 9. The third-order valence-electron chi connectivity index (χ3n) is 12.3. The van der Waals surface area contributed by atoms with Crippen LogP contribution in [0.2, 0.25) is 0 Å². The number of rotatable bonds is 8. The van der Waals surface area contributed by atoms with E-state index >= 15 is 0 Å². The largest absolute Gasteiger partial charge is 0.490 e. The minimum absolute atomic E-state index is 0. The molecule has 0 aromatic heterocycles. The number of aliphatic carboxylic acids is 1. The Balaban J connectivity index is 0.000000241. The molecule has 3 N–H and O–H groups in total. The summed E-state index contributed by atoms with van der Waals surface area (Å²) >= 11 is 0. The van der Waals surface area contributed by atoms with Crippen molar-refractivity contribution in [2.75, 3.05) is 46.3 Å². The van der Waals surface area contributed by atoms with Crippen molar-refractivity contribution in [2.24, 2.45) is 0 Å². The van der Waals surface area contributed by atoms with Gasteiger partial charge in [-0.25, -0.2) is 9.59 Å². The van der Waals surface area contributed by atoms with Gasteiger partial charge in [-0.15, -0.1) is 0 Å². The molecule has 4 saturated heterocycles. The second-order valence-electron chi connectivity index (χ2n) is 17.2. The van der Waals surface area contributed by atoms with Gasteiger partial charge in [-0.3, -0.25) is 19.2 Å². The Morgan fingerprint density at radius 2 is 0.919 bits per heavy atom. The maximum atomic E-state index is 13.6. The first-order valence-electron chi connectivity index (χ1n) is 21.7. The molecule has 0 radical (unpaired) electrons.